The lowest BCUT2D eigenvalue weighted by Gasteiger charge is -2.09. The average molecular weight is 206 g/mol. The van der Waals surface area contributed by atoms with Gasteiger partial charge in [0.05, 0.1) is 18.9 Å². The maximum absolute atomic E-state index is 8.39. The topological polar surface area (TPSA) is 45.0 Å². The highest BCUT2D eigenvalue weighted by atomic mass is 16.6. The van der Waals surface area contributed by atoms with E-state index in [0.717, 1.165) is 37.8 Å². The highest BCUT2D eigenvalue weighted by Gasteiger charge is 2.08. The summed E-state index contributed by atoms with van der Waals surface area (Å²) in [4.78, 5) is 4.90. The van der Waals surface area contributed by atoms with Gasteiger partial charge in [-0.1, -0.05) is 18.6 Å². The van der Waals surface area contributed by atoms with Crippen molar-refractivity contribution in [3.8, 4) is 6.07 Å². The van der Waals surface area contributed by atoms with E-state index in [0.29, 0.717) is 6.42 Å². The van der Waals surface area contributed by atoms with Crippen LogP contribution in [0.25, 0.3) is 0 Å². The van der Waals surface area contributed by atoms with Crippen LogP contribution < -0.4 is 5.48 Å². The fraction of sp³-hybridized carbons (Fsp3) is 0.583. The van der Waals surface area contributed by atoms with Crippen molar-refractivity contribution in [2.45, 2.75) is 38.5 Å². The molecule has 1 aliphatic rings. The Morgan fingerprint density at radius 2 is 2.27 bits per heavy atom. The third-order valence-corrected chi connectivity index (χ3v) is 2.48. The van der Waals surface area contributed by atoms with E-state index < -0.39 is 0 Å². The number of allylic oxidation sites excluding steroid dienone is 3. The highest BCUT2D eigenvalue weighted by molar-refractivity contribution is 5.34. The third kappa shape index (κ3) is 4.18. The number of hydroxylamine groups is 1. The lowest BCUT2D eigenvalue weighted by atomic mass is 10.1. The molecule has 3 heteroatoms. The van der Waals surface area contributed by atoms with Crippen molar-refractivity contribution in [2.75, 3.05) is 7.11 Å². The summed E-state index contributed by atoms with van der Waals surface area (Å²) in [5.74, 6) is 0. The molecule has 1 rings (SSSR count). The summed E-state index contributed by atoms with van der Waals surface area (Å²) in [5.41, 5.74) is 5.34. The number of hydrogen-bond donors (Lipinski definition) is 1. The molecule has 15 heavy (non-hydrogen) atoms. The number of nitrogens with one attached hydrogen (secondary N) is 1. The van der Waals surface area contributed by atoms with E-state index in [-0.39, 0.29) is 0 Å². The SMILES string of the molecule is CONC1=CCC=C1CCCCCC#N. The monoisotopic (exact) mass is 206 g/mol. The van der Waals surface area contributed by atoms with Gasteiger partial charge in [-0.3, -0.25) is 10.3 Å². The first kappa shape index (κ1) is 11.8. The van der Waals surface area contributed by atoms with Crippen LogP contribution in [0.15, 0.2) is 23.4 Å². The maximum Gasteiger partial charge on any atom is 0.0636 e. The van der Waals surface area contributed by atoms with Gasteiger partial charge in [-0.25, -0.2) is 0 Å². The van der Waals surface area contributed by atoms with Crippen molar-refractivity contribution in [2.24, 2.45) is 0 Å². The van der Waals surface area contributed by atoms with E-state index in [1.54, 1.807) is 7.11 Å². The predicted molar refractivity (Wildman–Crippen MR) is 59.6 cm³/mol. The molecule has 0 atom stereocenters. The summed E-state index contributed by atoms with van der Waals surface area (Å²) in [7, 11) is 1.63. The second-order valence-electron chi connectivity index (χ2n) is 3.61. The fourth-order valence-corrected chi connectivity index (χ4v) is 1.71. The van der Waals surface area contributed by atoms with Gasteiger partial charge in [-0.2, -0.15) is 5.26 Å². The van der Waals surface area contributed by atoms with Crippen LogP contribution in [-0.4, -0.2) is 7.11 Å². The third-order valence-electron chi connectivity index (χ3n) is 2.48. The zero-order chi connectivity index (χ0) is 10.9. The van der Waals surface area contributed by atoms with Crippen LogP contribution in [-0.2, 0) is 4.84 Å². The number of nitriles is 1. The molecule has 82 valence electrons. The van der Waals surface area contributed by atoms with Crippen molar-refractivity contribution in [3.63, 3.8) is 0 Å². The van der Waals surface area contributed by atoms with Crippen LogP contribution >= 0.6 is 0 Å². The second-order valence-corrected chi connectivity index (χ2v) is 3.61. The molecule has 0 aromatic rings. The Labute approximate surface area is 91.4 Å². The molecule has 1 N–H and O–H groups in total. The Bertz CT molecular complexity index is 286. The van der Waals surface area contributed by atoms with Gasteiger partial charge in [0.15, 0.2) is 0 Å². The number of rotatable bonds is 7. The number of hydrogen-bond acceptors (Lipinski definition) is 3. The quantitative estimate of drug-likeness (QED) is 0.514. The molecule has 0 aliphatic heterocycles. The van der Waals surface area contributed by atoms with Gasteiger partial charge in [-0.15, -0.1) is 0 Å². The summed E-state index contributed by atoms with van der Waals surface area (Å²) in [5, 5.41) is 8.39. The fourth-order valence-electron chi connectivity index (χ4n) is 1.71. The summed E-state index contributed by atoms with van der Waals surface area (Å²) in [6.07, 6.45) is 10.4. The van der Waals surface area contributed by atoms with Gasteiger partial charge in [-0.05, 0) is 31.3 Å². The zero-order valence-electron chi connectivity index (χ0n) is 9.25. The summed E-state index contributed by atoms with van der Waals surface area (Å²) in [6.45, 7) is 0. The Balaban J connectivity index is 2.16. The van der Waals surface area contributed by atoms with Crippen molar-refractivity contribution >= 4 is 0 Å². The number of nitrogens with zero attached hydrogens (tertiary/aromatic N) is 1. The molecule has 0 amide bonds. The molecule has 1 aliphatic carbocycles. The molecule has 0 heterocycles. The normalized spacial score (nSPS) is 14.4. The van der Waals surface area contributed by atoms with Crippen molar-refractivity contribution in [3.05, 3.63) is 23.4 Å². The molecule has 0 saturated heterocycles. The van der Waals surface area contributed by atoms with Crippen LogP contribution in [0.4, 0.5) is 0 Å². The van der Waals surface area contributed by atoms with Crippen molar-refractivity contribution in [1.82, 2.24) is 5.48 Å². The Kier molecular flexibility index (Phi) is 5.57. The van der Waals surface area contributed by atoms with Crippen molar-refractivity contribution in [1.29, 1.82) is 5.26 Å². The molecule has 0 unspecified atom stereocenters. The first-order valence-electron chi connectivity index (χ1n) is 5.44. The van der Waals surface area contributed by atoms with Crippen LogP contribution in [0.2, 0.25) is 0 Å². The summed E-state index contributed by atoms with van der Waals surface area (Å²) in [6, 6.07) is 2.17. The van der Waals surface area contributed by atoms with Gasteiger partial charge in [0.1, 0.15) is 0 Å². The first-order valence-corrected chi connectivity index (χ1v) is 5.44. The molecular weight excluding hydrogens is 188 g/mol. The minimum Gasteiger partial charge on any atom is -0.279 e. The lowest BCUT2D eigenvalue weighted by molar-refractivity contribution is 0.119. The predicted octanol–water partition coefficient (Wildman–Crippen LogP) is 2.83. The van der Waals surface area contributed by atoms with E-state index in [4.69, 9.17) is 10.1 Å². The molecule has 0 fully saturated rings. The Morgan fingerprint density at radius 1 is 1.40 bits per heavy atom. The molecule has 0 radical (unpaired) electrons. The van der Waals surface area contributed by atoms with Crippen molar-refractivity contribution < 1.29 is 4.84 Å². The Morgan fingerprint density at radius 3 is 3.00 bits per heavy atom. The maximum atomic E-state index is 8.39. The van der Waals surface area contributed by atoms with Crippen LogP contribution in [0, 0.1) is 11.3 Å². The summed E-state index contributed by atoms with van der Waals surface area (Å²) < 4.78 is 0. The molecule has 0 bridgehead atoms. The van der Waals surface area contributed by atoms with Crippen LogP contribution in [0.1, 0.15) is 38.5 Å². The molecule has 0 aromatic heterocycles. The van der Waals surface area contributed by atoms with E-state index in [9.17, 15) is 0 Å². The minimum atomic E-state index is 0.679. The molecule has 0 saturated carbocycles. The molecule has 0 aromatic carbocycles. The molecule has 0 spiro atoms. The van der Waals surface area contributed by atoms with Crippen LogP contribution in [0.3, 0.4) is 0 Å². The van der Waals surface area contributed by atoms with Gasteiger partial charge in [0.2, 0.25) is 0 Å². The van der Waals surface area contributed by atoms with Gasteiger partial charge >= 0.3 is 0 Å². The molecule has 3 nitrogen and oxygen atoms in total. The lowest BCUT2D eigenvalue weighted by Crippen LogP contribution is -2.11. The smallest absolute Gasteiger partial charge is 0.0636 e. The largest absolute Gasteiger partial charge is 0.279 e. The summed E-state index contributed by atoms with van der Waals surface area (Å²) >= 11 is 0. The standard InChI is InChI=1S/C12H18N2O/c1-15-14-12-9-6-8-11(12)7-4-2-3-5-10-13/h8-9,14H,2-7H2,1H3. The van der Waals surface area contributed by atoms with Gasteiger partial charge in [0.25, 0.3) is 0 Å². The van der Waals surface area contributed by atoms with Gasteiger partial charge < -0.3 is 0 Å². The van der Waals surface area contributed by atoms with Gasteiger partial charge in [0, 0.05) is 6.42 Å². The second kappa shape index (κ2) is 7.08. The van der Waals surface area contributed by atoms with E-state index in [1.807, 2.05) is 0 Å². The highest BCUT2D eigenvalue weighted by Crippen LogP contribution is 2.22. The first-order chi connectivity index (χ1) is 7.38. The zero-order valence-corrected chi connectivity index (χ0v) is 9.25. The minimum absolute atomic E-state index is 0.679. The van der Waals surface area contributed by atoms with E-state index in [1.165, 1.54) is 5.57 Å². The van der Waals surface area contributed by atoms with Crippen LogP contribution in [0.5, 0.6) is 0 Å². The van der Waals surface area contributed by atoms with E-state index >= 15 is 0 Å². The molecular formula is C12H18N2O. The Hall–Kier alpha value is -1.27. The van der Waals surface area contributed by atoms with E-state index in [2.05, 4.69) is 23.7 Å². The average Bonchev–Trinajstić information content (AvgIpc) is 2.66. The number of unbranched alkanes of at least 4 members (excludes halogenated alkanes) is 3.